The van der Waals surface area contributed by atoms with Crippen LogP contribution >= 0.6 is 0 Å². The summed E-state index contributed by atoms with van der Waals surface area (Å²) in [5.74, 6) is -0.269. The second-order valence-corrected chi connectivity index (χ2v) is 5.61. The molecule has 0 saturated carbocycles. The zero-order valence-corrected chi connectivity index (χ0v) is 11.5. The van der Waals surface area contributed by atoms with Gasteiger partial charge < -0.3 is 20.7 Å². The Bertz CT molecular complexity index is 335. The van der Waals surface area contributed by atoms with E-state index in [9.17, 15) is 9.59 Å². The van der Waals surface area contributed by atoms with Crippen molar-refractivity contribution in [2.45, 2.75) is 19.3 Å². The predicted octanol–water partition coefficient (Wildman–Crippen LogP) is -0.745. The third kappa shape index (κ3) is 3.67. The van der Waals surface area contributed by atoms with Crippen molar-refractivity contribution in [3.05, 3.63) is 0 Å². The van der Waals surface area contributed by atoms with Gasteiger partial charge in [0, 0.05) is 32.0 Å². The van der Waals surface area contributed by atoms with E-state index < -0.39 is 0 Å². The van der Waals surface area contributed by atoms with Gasteiger partial charge in [0.2, 0.25) is 11.8 Å². The lowest BCUT2D eigenvalue weighted by Gasteiger charge is -2.37. The maximum Gasteiger partial charge on any atom is 0.225 e. The Hall–Kier alpha value is -1.14. The van der Waals surface area contributed by atoms with E-state index in [2.05, 4.69) is 16.0 Å². The van der Waals surface area contributed by atoms with E-state index in [0.29, 0.717) is 26.1 Å². The van der Waals surface area contributed by atoms with Crippen molar-refractivity contribution in [3.63, 3.8) is 0 Å². The molecule has 2 rings (SSSR count). The van der Waals surface area contributed by atoms with E-state index in [0.717, 1.165) is 25.9 Å². The number of nitrogens with one attached hydrogen (secondary N) is 3. The Balaban J connectivity index is 1.84. The molecule has 0 aromatic carbocycles. The molecular formula is C13H23N3O3. The molecule has 2 aliphatic rings. The standard InChI is InChI=1S/C13H23N3O3/c1-19-9-13(2-4-14-5-3-13)8-16-12(18)10-6-11(17)15-7-10/h10,14H,2-9H2,1H3,(H,15,17)(H,16,18). The molecule has 0 aliphatic carbocycles. The molecule has 6 nitrogen and oxygen atoms in total. The van der Waals surface area contributed by atoms with E-state index in [-0.39, 0.29) is 23.1 Å². The molecule has 0 bridgehead atoms. The highest BCUT2D eigenvalue weighted by molar-refractivity contribution is 5.89. The fourth-order valence-corrected chi connectivity index (χ4v) is 2.84. The topological polar surface area (TPSA) is 79.5 Å². The minimum absolute atomic E-state index is 0.0210. The largest absolute Gasteiger partial charge is 0.384 e. The molecular weight excluding hydrogens is 246 g/mol. The van der Waals surface area contributed by atoms with E-state index in [4.69, 9.17) is 4.74 Å². The van der Waals surface area contributed by atoms with Crippen molar-refractivity contribution in [1.82, 2.24) is 16.0 Å². The first-order chi connectivity index (χ1) is 9.15. The highest BCUT2D eigenvalue weighted by atomic mass is 16.5. The van der Waals surface area contributed by atoms with Gasteiger partial charge in [0.15, 0.2) is 0 Å². The lowest BCUT2D eigenvalue weighted by atomic mass is 9.79. The molecule has 108 valence electrons. The highest BCUT2D eigenvalue weighted by Crippen LogP contribution is 2.28. The third-order valence-electron chi connectivity index (χ3n) is 4.10. The van der Waals surface area contributed by atoms with Crippen LogP contribution in [0.2, 0.25) is 0 Å². The van der Waals surface area contributed by atoms with Gasteiger partial charge in [-0.05, 0) is 25.9 Å². The molecule has 3 N–H and O–H groups in total. The van der Waals surface area contributed by atoms with Crippen molar-refractivity contribution in [2.75, 3.05) is 39.9 Å². The molecule has 1 atom stereocenters. The normalized spacial score (nSPS) is 25.9. The lowest BCUT2D eigenvalue weighted by molar-refractivity contribution is -0.127. The Morgan fingerprint density at radius 2 is 2.21 bits per heavy atom. The maximum absolute atomic E-state index is 12.0. The molecule has 6 heteroatoms. The van der Waals surface area contributed by atoms with Gasteiger partial charge in [-0.1, -0.05) is 0 Å². The van der Waals surface area contributed by atoms with E-state index in [1.165, 1.54) is 0 Å². The summed E-state index contributed by atoms with van der Waals surface area (Å²) in [4.78, 5) is 23.1. The van der Waals surface area contributed by atoms with Gasteiger partial charge in [0.05, 0.1) is 12.5 Å². The number of carbonyl (C=O) groups excluding carboxylic acids is 2. The van der Waals surface area contributed by atoms with E-state index >= 15 is 0 Å². The fourth-order valence-electron chi connectivity index (χ4n) is 2.84. The van der Waals surface area contributed by atoms with Crippen LogP contribution in [-0.2, 0) is 14.3 Å². The molecule has 0 radical (unpaired) electrons. The molecule has 0 aromatic rings. The number of methoxy groups -OCH3 is 1. The number of carbonyl (C=O) groups is 2. The Morgan fingerprint density at radius 3 is 2.79 bits per heavy atom. The first kappa shape index (κ1) is 14.3. The SMILES string of the molecule is COCC1(CNC(=O)C2CNC(=O)C2)CCNCC1. The van der Waals surface area contributed by atoms with Crippen molar-refractivity contribution in [2.24, 2.45) is 11.3 Å². The van der Waals surface area contributed by atoms with E-state index in [1.54, 1.807) is 7.11 Å². The molecule has 2 fully saturated rings. The molecule has 2 heterocycles. The summed E-state index contributed by atoms with van der Waals surface area (Å²) in [6.07, 6.45) is 2.32. The van der Waals surface area contributed by atoms with Crippen LogP contribution in [0.5, 0.6) is 0 Å². The van der Waals surface area contributed by atoms with Gasteiger partial charge in [-0.3, -0.25) is 9.59 Å². The van der Waals surface area contributed by atoms with Crippen LogP contribution in [0.15, 0.2) is 0 Å². The number of hydrogen-bond donors (Lipinski definition) is 3. The molecule has 1 unspecified atom stereocenters. The maximum atomic E-state index is 12.0. The number of hydrogen-bond acceptors (Lipinski definition) is 4. The molecule has 2 amide bonds. The summed E-state index contributed by atoms with van der Waals surface area (Å²) in [6.45, 7) is 3.68. The second kappa shape index (κ2) is 6.34. The van der Waals surface area contributed by atoms with Crippen molar-refractivity contribution < 1.29 is 14.3 Å². The minimum atomic E-state index is -0.214. The van der Waals surface area contributed by atoms with Crippen LogP contribution in [-0.4, -0.2) is 51.7 Å². The molecule has 0 aromatic heterocycles. The Kier molecular flexibility index (Phi) is 4.76. The zero-order valence-electron chi connectivity index (χ0n) is 11.5. The highest BCUT2D eigenvalue weighted by Gasteiger charge is 2.34. The summed E-state index contributed by atoms with van der Waals surface area (Å²) >= 11 is 0. The van der Waals surface area contributed by atoms with Crippen LogP contribution in [0.1, 0.15) is 19.3 Å². The number of amides is 2. The van der Waals surface area contributed by atoms with Gasteiger partial charge in [0.1, 0.15) is 0 Å². The molecule has 19 heavy (non-hydrogen) atoms. The minimum Gasteiger partial charge on any atom is -0.384 e. The van der Waals surface area contributed by atoms with Crippen LogP contribution in [0, 0.1) is 11.3 Å². The van der Waals surface area contributed by atoms with Crippen molar-refractivity contribution in [3.8, 4) is 0 Å². The third-order valence-corrected chi connectivity index (χ3v) is 4.10. The predicted molar refractivity (Wildman–Crippen MR) is 70.5 cm³/mol. The first-order valence-corrected chi connectivity index (χ1v) is 6.89. The van der Waals surface area contributed by atoms with Gasteiger partial charge >= 0.3 is 0 Å². The quantitative estimate of drug-likeness (QED) is 0.614. The van der Waals surface area contributed by atoms with Crippen molar-refractivity contribution >= 4 is 11.8 Å². The van der Waals surface area contributed by atoms with Crippen LogP contribution in [0.3, 0.4) is 0 Å². The fraction of sp³-hybridized carbons (Fsp3) is 0.846. The smallest absolute Gasteiger partial charge is 0.225 e. The summed E-state index contributed by atoms with van der Waals surface area (Å²) in [5, 5.41) is 9.01. The second-order valence-electron chi connectivity index (χ2n) is 5.61. The Labute approximate surface area is 113 Å². The van der Waals surface area contributed by atoms with Crippen LogP contribution < -0.4 is 16.0 Å². The summed E-state index contributed by atoms with van der Waals surface area (Å²) in [7, 11) is 1.70. The summed E-state index contributed by atoms with van der Waals surface area (Å²) in [6, 6.07) is 0. The van der Waals surface area contributed by atoms with Crippen LogP contribution in [0.25, 0.3) is 0 Å². The van der Waals surface area contributed by atoms with Crippen LogP contribution in [0.4, 0.5) is 0 Å². The average molecular weight is 269 g/mol. The monoisotopic (exact) mass is 269 g/mol. The first-order valence-electron chi connectivity index (χ1n) is 6.89. The number of piperidine rings is 1. The number of rotatable bonds is 5. The van der Waals surface area contributed by atoms with E-state index in [1.807, 2.05) is 0 Å². The number of ether oxygens (including phenoxy) is 1. The van der Waals surface area contributed by atoms with Gasteiger partial charge in [-0.15, -0.1) is 0 Å². The summed E-state index contributed by atoms with van der Waals surface area (Å²) < 4.78 is 5.31. The Morgan fingerprint density at radius 1 is 1.47 bits per heavy atom. The zero-order chi connectivity index (χ0) is 13.7. The molecule has 0 spiro atoms. The molecule has 2 aliphatic heterocycles. The van der Waals surface area contributed by atoms with Gasteiger partial charge in [-0.25, -0.2) is 0 Å². The lowest BCUT2D eigenvalue weighted by Crippen LogP contribution is -2.48. The van der Waals surface area contributed by atoms with Gasteiger partial charge in [-0.2, -0.15) is 0 Å². The molecule has 2 saturated heterocycles. The summed E-state index contributed by atoms with van der Waals surface area (Å²) in [5.41, 5.74) is 0.0334. The van der Waals surface area contributed by atoms with Crippen molar-refractivity contribution in [1.29, 1.82) is 0 Å². The average Bonchev–Trinajstić information content (AvgIpc) is 2.84. The van der Waals surface area contributed by atoms with Gasteiger partial charge in [0.25, 0.3) is 0 Å².